The van der Waals surface area contributed by atoms with Crippen LogP contribution in [0.25, 0.3) is 0 Å². The van der Waals surface area contributed by atoms with Crippen LogP contribution in [0.4, 0.5) is 0 Å². The first-order valence-corrected chi connectivity index (χ1v) is 4.48. The lowest BCUT2D eigenvalue weighted by atomic mass is 9.84. The molecule has 1 N–H and O–H groups in total. The number of aliphatic hydroxyl groups excluding tert-OH is 1. The Balaban J connectivity index is 2.59. The fourth-order valence-electron chi connectivity index (χ4n) is 1.49. The van der Waals surface area contributed by atoms with Gasteiger partial charge in [-0.15, -0.1) is 0 Å². The van der Waals surface area contributed by atoms with Crippen molar-refractivity contribution in [2.24, 2.45) is 11.8 Å². The summed E-state index contributed by atoms with van der Waals surface area (Å²) in [7, 11) is 0. The topological polar surface area (TPSA) is 20.2 Å². The third kappa shape index (κ3) is 2.06. The van der Waals surface area contributed by atoms with Crippen LogP contribution in [-0.4, -0.2) is 11.2 Å². The second-order valence-electron chi connectivity index (χ2n) is 3.92. The van der Waals surface area contributed by atoms with E-state index in [9.17, 15) is 5.11 Å². The second kappa shape index (κ2) is 3.40. The maximum Gasteiger partial charge on any atom is 0.0605 e. The fourth-order valence-corrected chi connectivity index (χ4v) is 1.49. The SMILES string of the molecule is CC(C)C1=CC[C@H](C)[C@H](O)C1. The minimum Gasteiger partial charge on any atom is -0.393 e. The van der Waals surface area contributed by atoms with Gasteiger partial charge in [-0.2, -0.15) is 0 Å². The van der Waals surface area contributed by atoms with Crippen LogP contribution in [0.3, 0.4) is 0 Å². The van der Waals surface area contributed by atoms with Crippen molar-refractivity contribution in [2.75, 3.05) is 0 Å². The van der Waals surface area contributed by atoms with E-state index in [4.69, 9.17) is 0 Å². The molecule has 0 radical (unpaired) electrons. The van der Waals surface area contributed by atoms with E-state index in [1.54, 1.807) is 0 Å². The predicted octanol–water partition coefficient (Wildman–Crippen LogP) is 2.36. The molecule has 0 spiro atoms. The number of hydrogen-bond donors (Lipinski definition) is 1. The van der Waals surface area contributed by atoms with Crippen LogP contribution in [0, 0.1) is 11.8 Å². The van der Waals surface area contributed by atoms with Crippen molar-refractivity contribution in [1.82, 2.24) is 0 Å². The van der Waals surface area contributed by atoms with Crippen molar-refractivity contribution >= 4 is 0 Å². The lowest BCUT2D eigenvalue weighted by Crippen LogP contribution is -2.22. The lowest BCUT2D eigenvalue weighted by molar-refractivity contribution is 0.109. The van der Waals surface area contributed by atoms with E-state index in [1.807, 2.05) is 0 Å². The van der Waals surface area contributed by atoms with E-state index in [2.05, 4.69) is 26.8 Å². The summed E-state index contributed by atoms with van der Waals surface area (Å²) in [6.45, 7) is 6.49. The smallest absolute Gasteiger partial charge is 0.0605 e. The molecule has 0 saturated carbocycles. The second-order valence-corrected chi connectivity index (χ2v) is 3.92. The van der Waals surface area contributed by atoms with E-state index >= 15 is 0 Å². The van der Waals surface area contributed by atoms with Crippen LogP contribution < -0.4 is 0 Å². The van der Waals surface area contributed by atoms with Crippen LogP contribution in [0.1, 0.15) is 33.6 Å². The molecule has 0 bridgehead atoms. The van der Waals surface area contributed by atoms with Crippen molar-refractivity contribution in [3.05, 3.63) is 11.6 Å². The van der Waals surface area contributed by atoms with Gasteiger partial charge in [0, 0.05) is 0 Å². The molecule has 1 nitrogen and oxygen atoms in total. The Morgan fingerprint density at radius 1 is 1.55 bits per heavy atom. The highest BCUT2D eigenvalue weighted by atomic mass is 16.3. The van der Waals surface area contributed by atoms with Crippen LogP contribution in [0.15, 0.2) is 11.6 Å². The molecule has 64 valence electrons. The summed E-state index contributed by atoms with van der Waals surface area (Å²) in [4.78, 5) is 0. The molecule has 0 aromatic heterocycles. The van der Waals surface area contributed by atoms with Gasteiger partial charge < -0.3 is 5.11 Å². The van der Waals surface area contributed by atoms with E-state index < -0.39 is 0 Å². The fraction of sp³-hybridized carbons (Fsp3) is 0.800. The normalized spacial score (nSPS) is 32.3. The summed E-state index contributed by atoms with van der Waals surface area (Å²) < 4.78 is 0. The molecule has 0 fully saturated rings. The first-order chi connectivity index (χ1) is 5.11. The minimum absolute atomic E-state index is 0.0996. The van der Waals surface area contributed by atoms with Crippen LogP contribution in [-0.2, 0) is 0 Å². The molecule has 1 heteroatoms. The zero-order valence-corrected chi connectivity index (χ0v) is 7.67. The highest BCUT2D eigenvalue weighted by Crippen LogP contribution is 2.27. The molecule has 0 heterocycles. The van der Waals surface area contributed by atoms with Crippen molar-refractivity contribution < 1.29 is 5.11 Å². The van der Waals surface area contributed by atoms with E-state index in [0.717, 1.165) is 12.8 Å². The Morgan fingerprint density at radius 2 is 2.18 bits per heavy atom. The highest BCUT2D eigenvalue weighted by molar-refractivity contribution is 5.10. The molecule has 11 heavy (non-hydrogen) atoms. The van der Waals surface area contributed by atoms with Gasteiger partial charge in [-0.3, -0.25) is 0 Å². The Kier molecular flexibility index (Phi) is 2.72. The number of hydrogen-bond acceptors (Lipinski definition) is 1. The molecule has 0 aliphatic heterocycles. The van der Waals surface area contributed by atoms with Gasteiger partial charge in [0.05, 0.1) is 6.10 Å². The Morgan fingerprint density at radius 3 is 2.64 bits per heavy atom. The molecule has 0 saturated heterocycles. The van der Waals surface area contributed by atoms with Crippen LogP contribution in [0.5, 0.6) is 0 Å². The van der Waals surface area contributed by atoms with Crippen molar-refractivity contribution in [3.8, 4) is 0 Å². The Labute approximate surface area is 69.1 Å². The first-order valence-electron chi connectivity index (χ1n) is 4.48. The molecule has 1 rings (SSSR count). The van der Waals surface area contributed by atoms with Gasteiger partial charge in [0.15, 0.2) is 0 Å². The standard InChI is InChI=1S/C10H18O/c1-7(2)9-5-4-8(3)10(11)6-9/h5,7-8,10-11H,4,6H2,1-3H3/t8-,10+/m0/s1. The van der Waals surface area contributed by atoms with Crippen LogP contribution >= 0.6 is 0 Å². The van der Waals surface area contributed by atoms with E-state index in [1.165, 1.54) is 5.57 Å². The predicted molar refractivity (Wildman–Crippen MR) is 47.3 cm³/mol. The van der Waals surface area contributed by atoms with E-state index in [-0.39, 0.29) is 6.10 Å². The molecular formula is C10H18O. The number of allylic oxidation sites excluding steroid dienone is 1. The molecule has 1 aliphatic carbocycles. The Bertz CT molecular complexity index is 158. The summed E-state index contributed by atoms with van der Waals surface area (Å²) in [6.07, 6.45) is 4.13. The number of rotatable bonds is 1. The van der Waals surface area contributed by atoms with Gasteiger partial charge in [-0.05, 0) is 24.7 Å². The zero-order valence-electron chi connectivity index (χ0n) is 7.67. The van der Waals surface area contributed by atoms with Gasteiger partial charge >= 0.3 is 0 Å². The minimum atomic E-state index is -0.0996. The summed E-state index contributed by atoms with van der Waals surface area (Å²) in [5.74, 6) is 1.06. The molecule has 0 unspecified atom stereocenters. The molecule has 2 atom stereocenters. The third-order valence-corrected chi connectivity index (χ3v) is 2.60. The third-order valence-electron chi connectivity index (χ3n) is 2.60. The first kappa shape index (κ1) is 8.79. The highest BCUT2D eigenvalue weighted by Gasteiger charge is 2.20. The summed E-state index contributed by atoms with van der Waals surface area (Å²) in [5.41, 5.74) is 1.43. The molecule has 0 amide bonds. The monoisotopic (exact) mass is 154 g/mol. The average Bonchev–Trinajstić information content (AvgIpc) is 1.94. The maximum atomic E-state index is 9.56. The number of aliphatic hydroxyl groups is 1. The largest absolute Gasteiger partial charge is 0.393 e. The van der Waals surface area contributed by atoms with Crippen molar-refractivity contribution in [2.45, 2.75) is 39.7 Å². The summed E-state index contributed by atoms with van der Waals surface area (Å²) in [6, 6.07) is 0. The molecule has 1 aliphatic rings. The lowest BCUT2D eigenvalue weighted by Gasteiger charge is -2.26. The average molecular weight is 154 g/mol. The zero-order chi connectivity index (χ0) is 8.43. The van der Waals surface area contributed by atoms with Crippen molar-refractivity contribution in [1.29, 1.82) is 0 Å². The van der Waals surface area contributed by atoms with Crippen LogP contribution in [0.2, 0.25) is 0 Å². The molecule has 0 aromatic rings. The molecular weight excluding hydrogens is 136 g/mol. The summed E-state index contributed by atoms with van der Waals surface area (Å²) in [5, 5.41) is 9.56. The van der Waals surface area contributed by atoms with Gasteiger partial charge in [-0.25, -0.2) is 0 Å². The summed E-state index contributed by atoms with van der Waals surface area (Å²) >= 11 is 0. The molecule has 0 aromatic carbocycles. The quantitative estimate of drug-likeness (QED) is 0.575. The van der Waals surface area contributed by atoms with Gasteiger partial charge in [0.2, 0.25) is 0 Å². The van der Waals surface area contributed by atoms with Gasteiger partial charge in [-0.1, -0.05) is 32.4 Å². The van der Waals surface area contributed by atoms with Gasteiger partial charge in [0.25, 0.3) is 0 Å². The van der Waals surface area contributed by atoms with E-state index in [0.29, 0.717) is 11.8 Å². The van der Waals surface area contributed by atoms with Gasteiger partial charge in [0.1, 0.15) is 0 Å². The maximum absolute atomic E-state index is 9.56. The Hall–Kier alpha value is -0.300. The van der Waals surface area contributed by atoms with Crippen molar-refractivity contribution in [3.63, 3.8) is 0 Å².